The van der Waals surface area contributed by atoms with Crippen LogP contribution in [0.15, 0.2) is 60.7 Å². The lowest BCUT2D eigenvalue weighted by Crippen LogP contribution is -2.45. The zero-order valence-electron chi connectivity index (χ0n) is 13.5. The summed E-state index contributed by atoms with van der Waals surface area (Å²) in [5.41, 5.74) is 2.67. The van der Waals surface area contributed by atoms with E-state index in [-0.39, 0.29) is 0 Å². The van der Waals surface area contributed by atoms with Crippen molar-refractivity contribution in [1.29, 1.82) is 0 Å². The Morgan fingerprint density at radius 1 is 0.857 bits per heavy atom. The van der Waals surface area contributed by atoms with Crippen LogP contribution in [0.1, 0.15) is 12.5 Å². The van der Waals surface area contributed by atoms with Gasteiger partial charge in [0.1, 0.15) is 0 Å². The Kier molecular flexibility index (Phi) is 5.40. The SMILES string of the molecule is CC[N+](C)(C)CCN(Cc1ccccc1)c1ccccc1. The summed E-state index contributed by atoms with van der Waals surface area (Å²) in [6.45, 7) is 6.60. The zero-order valence-corrected chi connectivity index (χ0v) is 13.5. The summed E-state index contributed by atoms with van der Waals surface area (Å²) in [7, 11) is 4.59. The van der Waals surface area contributed by atoms with Gasteiger partial charge in [0.05, 0.1) is 33.7 Å². The van der Waals surface area contributed by atoms with Crippen LogP contribution in [0.3, 0.4) is 0 Å². The summed E-state index contributed by atoms with van der Waals surface area (Å²) in [4.78, 5) is 2.48. The fraction of sp³-hybridized carbons (Fsp3) is 0.368. The van der Waals surface area contributed by atoms with Crippen LogP contribution in [0, 0.1) is 0 Å². The van der Waals surface area contributed by atoms with E-state index in [1.165, 1.54) is 11.3 Å². The molecule has 2 nitrogen and oxygen atoms in total. The molecule has 0 N–H and O–H groups in total. The summed E-state index contributed by atoms with van der Waals surface area (Å²) in [5.74, 6) is 0. The number of para-hydroxylation sites is 1. The largest absolute Gasteiger partial charge is 0.362 e. The van der Waals surface area contributed by atoms with Crippen LogP contribution in [-0.4, -0.2) is 38.2 Å². The Morgan fingerprint density at radius 3 is 2.00 bits per heavy atom. The van der Waals surface area contributed by atoms with Gasteiger partial charge < -0.3 is 9.38 Å². The minimum Gasteiger partial charge on any atom is -0.362 e. The fourth-order valence-electron chi connectivity index (χ4n) is 2.29. The highest BCUT2D eigenvalue weighted by molar-refractivity contribution is 5.46. The number of anilines is 1. The third kappa shape index (κ3) is 4.91. The first-order chi connectivity index (χ1) is 10.1. The number of nitrogens with zero attached hydrogens (tertiary/aromatic N) is 2. The van der Waals surface area contributed by atoms with Crippen molar-refractivity contribution in [2.24, 2.45) is 0 Å². The molecule has 0 bridgehead atoms. The molecular weight excluding hydrogens is 256 g/mol. The van der Waals surface area contributed by atoms with Crippen LogP contribution in [0.25, 0.3) is 0 Å². The molecule has 0 aliphatic rings. The predicted molar refractivity (Wildman–Crippen MR) is 91.5 cm³/mol. The third-order valence-electron chi connectivity index (χ3n) is 4.17. The van der Waals surface area contributed by atoms with Gasteiger partial charge in [0.25, 0.3) is 0 Å². The van der Waals surface area contributed by atoms with Crippen LogP contribution in [0.5, 0.6) is 0 Å². The molecule has 0 saturated carbocycles. The molecular formula is C19H27N2+. The molecule has 2 aromatic rings. The van der Waals surface area contributed by atoms with Crippen molar-refractivity contribution in [2.45, 2.75) is 13.5 Å². The Morgan fingerprint density at radius 2 is 1.43 bits per heavy atom. The molecule has 2 heteroatoms. The second-order valence-electron chi connectivity index (χ2n) is 6.22. The maximum absolute atomic E-state index is 2.48. The molecule has 2 aromatic carbocycles. The lowest BCUT2D eigenvalue weighted by molar-refractivity contribution is -0.887. The first-order valence-corrected chi connectivity index (χ1v) is 7.76. The Balaban J connectivity index is 2.11. The van der Waals surface area contributed by atoms with E-state index in [1.54, 1.807) is 0 Å². The predicted octanol–water partition coefficient (Wildman–Crippen LogP) is 3.79. The van der Waals surface area contributed by atoms with Gasteiger partial charge >= 0.3 is 0 Å². The van der Waals surface area contributed by atoms with E-state index in [9.17, 15) is 0 Å². The molecule has 0 aliphatic heterocycles. The van der Waals surface area contributed by atoms with Gasteiger partial charge in [-0.1, -0.05) is 48.5 Å². The zero-order chi connectivity index (χ0) is 15.1. The summed E-state index contributed by atoms with van der Waals surface area (Å²) in [5, 5.41) is 0. The number of quaternary nitrogens is 1. The highest BCUT2D eigenvalue weighted by Crippen LogP contribution is 2.17. The highest BCUT2D eigenvalue weighted by Gasteiger charge is 2.15. The lowest BCUT2D eigenvalue weighted by Gasteiger charge is -2.32. The first kappa shape index (κ1) is 15.6. The molecule has 0 aromatic heterocycles. The maximum Gasteiger partial charge on any atom is 0.0960 e. The number of hydrogen-bond acceptors (Lipinski definition) is 1. The summed E-state index contributed by atoms with van der Waals surface area (Å²) >= 11 is 0. The van der Waals surface area contributed by atoms with Crippen molar-refractivity contribution in [3.8, 4) is 0 Å². The molecule has 0 radical (unpaired) electrons. The minimum absolute atomic E-state index is 0.967. The van der Waals surface area contributed by atoms with E-state index in [0.717, 1.165) is 30.7 Å². The van der Waals surface area contributed by atoms with Crippen LogP contribution in [0.2, 0.25) is 0 Å². The van der Waals surface area contributed by atoms with Gasteiger partial charge in [-0.25, -0.2) is 0 Å². The van der Waals surface area contributed by atoms with E-state index in [2.05, 4.69) is 86.6 Å². The molecule has 0 aliphatic carbocycles. The third-order valence-corrected chi connectivity index (χ3v) is 4.17. The Bertz CT molecular complexity index is 520. The lowest BCUT2D eigenvalue weighted by atomic mass is 10.2. The molecule has 21 heavy (non-hydrogen) atoms. The molecule has 0 heterocycles. The average molecular weight is 283 g/mol. The van der Waals surface area contributed by atoms with Gasteiger partial charge in [0.2, 0.25) is 0 Å². The highest BCUT2D eigenvalue weighted by atomic mass is 15.3. The second-order valence-corrected chi connectivity index (χ2v) is 6.22. The fourth-order valence-corrected chi connectivity index (χ4v) is 2.29. The topological polar surface area (TPSA) is 3.24 Å². The van der Waals surface area contributed by atoms with Gasteiger partial charge in [-0.3, -0.25) is 0 Å². The van der Waals surface area contributed by atoms with E-state index in [4.69, 9.17) is 0 Å². The van der Waals surface area contributed by atoms with Crippen molar-refractivity contribution in [3.63, 3.8) is 0 Å². The Labute approximate surface area is 129 Å². The van der Waals surface area contributed by atoms with Gasteiger partial charge in [0, 0.05) is 12.2 Å². The van der Waals surface area contributed by atoms with Crippen LogP contribution in [0.4, 0.5) is 5.69 Å². The van der Waals surface area contributed by atoms with E-state index < -0.39 is 0 Å². The van der Waals surface area contributed by atoms with Gasteiger partial charge in [-0.2, -0.15) is 0 Å². The van der Waals surface area contributed by atoms with Gasteiger partial charge in [-0.15, -0.1) is 0 Å². The smallest absolute Gasteiger partial charge is 0.0960 e. The molecule has 0 unspecified atom stereocenters. The molecule has 0 atom stereocenters. The number of benzene rings is 2. The monoisotopic (exact) mass is 283 g/mol. The van der Waals surface area contributed by atoms with E-state index >= 15 is 0 Å². The summed E-state index contributed by atoms with van der Waals surface area (Å²) < 4.78 is 1.05. The quantitative estimate of drug-likeness (QED) is 0.699. The minimum atomic E-state index is 0.967. The number of rotatable bonds is 7. The van der Waals surface area contributed by atoms with Crippen LogP contribution < -0.4 is 4.90 Å². The standard InChI is InChI=1S/C19H27N2/c1-4-21(2,3)16-15-20(19-13-9-6-10-14-19)17-18-11-7-5-8-12-18/h5-14H,4,15-17H2,1-3H3/q+1. The summed E-state index contributed by atoms with van der Waals surface area (Å²) in [6, 6.07) is 21.4. The molecule has 0 saturated heterocycles. The van der Waals surface area contributed by atoms with Gasteiger partial charge in [-0.05, 0) is 24.6 Å². The molecule has 0 fully saturated rings. The number of likely N-dealkylation sites (N-methyl/N-ethyl adjacent to an activating group) is 1. The van der Waals surface area contributed by atoms with Crippen molar-refractivity contribution < 1.29 is 4.48 Å². The second kappa shape index (κ2) is 7.28. The number of hydrogen-bond donors (Lipinski definition) is 0. The molecule has 0 spiro atoms. The Hall–Kier alpha value is -1.80. The summed E-state index contributed by atoms with van der Waals surface area (Å²) in [6.07, 6.45) is 0. The average Bonchev–Trinajstić information content (AvgIpc) is 2.53. The van der Waals surface area contributed by atoms with Crippen molar-refractivity contribution in [2.75, 3.05) is 38.6 Å². The molecule has 112 valence electrons. The molecule has 2 rings (SSSR count). The van der Waals surface area contributed by atoms with Crippen LogP contribution in [-0.2, 0) is 6.54 Å². The van der Waals surface area contributed by atoms with E-state index in [1.807, 2.05) is 0 Å². The van der Waals surface area contributed by atoms with Gasteiger partial charge in [0.15, 0.2) is 0 Å². The van der Waals surface area contributed by atoms with Crippen molar-refractivity contribution in [3.05, 3.63) is 66.2 Å². The van der Waals surface area contributed by atoms with E-state index in [0.29, 0.717) is 0 Å². The van der Waals surface area contributed by atoms with Crippen molar-refractivity contribution in [1.82, 2.24) is 0 Å². The van der Waals surface area contributed by atoms with Crippen LogP contribution >= 0.6 is 0 Å². The normalized spacial score (nSPS) is 11.4. The molecule has 0 amide bonds. The maximum atomic E-state index is 2.48. The first-order valence-electron chi connectivity index (χ1n) is 7.76. The van der Waals surface area contributed by atoms with Crippen molar-refractivity contribution >= 4 is 5.69 Å².